The highest BCUT2D eigenvalue weighted by Crippen LogP contribution is 2.36. The van der Waals surface area contributed by atoms with E-state index in [0.717, 1.165) is 5.56 Å². The van der Waals surface area contributed by atoms with Crippen molar-refractivity contribution in [2.75, 3.05) is 11.0 Å². The number of carbonyl (C=O) groups excluding carboxylic acids is 1. The third-order valence-electron chi connectivity index (χ3n) is 2.93. The molecule has 1 aromatic rings. The van der Waals surface area contributed by atoms with Gasteiger partial charge in [-0.3, -0.25) is 4.79 Å². The highest BCUT2D eigenvalue weighted by atomic mass is 127. The predicted octanol–water partition coefficient (Wildman–Crippen LogP) is 2.72. The van der Waals surface area contributed by atoms with Crippen LogP contribution in [0.2, 0.25) is 0 Å². The molecule has 1 aliphatic heterocycles. The first-order valence-corrected chi connectivity index (χ1v) is 6.85. The Hall–Kier alpha value is -0.720. The Kier molecular flexibility index (Phi) is 3.65. The average Bonchev–Trinajstić information content (AvgIpc) is 2.54. The van der Waals surface area contributed by atoms with Gasteiger partial charge < -0.3 is 4.90 Å². The number of alkyl halides is 3. The van der Waals surface area contributed by atoms with Crippen molar-refractivity contribution in [2.45, 2.75) is 12.5 Å². The molecule has 0 spiro atoms. The molecule has 0 radical (unpaired) electrons. The molecule has 0 aliphatic carbocycles. The van der Waals surface area contributed by atoms with E-state index in [1.807, 2.05) is 52.9 Å². The van der Waals surface area contributed by atoms with Crippen LogP contribution in [0.1, 0.15) is 5.56 Å². The SMILES string of the molecule is O=C1N(Cc2ccccc2)CC(CI)C1(F)F. The van der Waals surface area contributed by atoms with Crippen molar-refractivity contribution in [1.29, 1.82) is 0 Å². The summed E-state index contributed by atoms with van der Waals surface area (Å²) in [7, 11) is 0. The van der Waals surface area contributed by atoms with Crippen LogP contribution < -0.4 is 0 Å². The highest BCUT2D eigenvalue weighted by Gasteiger charge is 2.55. The molecule has 1 atom stereocenters. The Bertz CT molecular complexity index is 410. The summed E-state index contributed by atoms with van der Waals surface area (Å²) in [5.74, 6) is -5.10. The normalized spacial score (nSPS) is 23.1. The first-order chi connectivity index (χ1) is 8.05. The van der Waals surface area contributed by atoms with Gasteiger partial charge in [0.15, 0.2) is 0 Å². The second-order valence-electron chi connectivity index (χ2n) is 4.15. The van der Waals surface area contributed by atoms with Crippen LogP contribution >= 0.6 is 22.6 Å². The first kappa shape index (κ1) is 12.7. The van der Waals surface area contributed by atoms with Gasteiger partial charge in [-0.15, -0.1) is 0 Å². The zero-order valence-corrected chi connectivity index (χ0v) is 11.2. The molecule has 1 saturated heterocycles. The maximum absolute atomic E-state index is 13.6. The highest BCUT2D eigenvalue weighted by molar-refractivity contribution is 14.1. The van der Waals surface area contributed by atoms with Crippen molar-refractivity contribution in [3.05, 3.63) is 35.9 Å². The standard InChI is InChI=1S/C12H12F2INO/c13-12(14)10(6-15)8-16(11(12)17)7-9-4-2-1-3-5-9/h1-5,10H,6-8H2. The molecule has 1 unspecified atom stereocenters. The lowest BCUT2D eigenvalue weighted by Gasteiger charge is -2.15. The molecule has 1 amide bonds. The van der Waals surface area contributed by atoms with E-state index < -0.39 is 17.7 Å². The topological polar surface area (TPSA) is 20.3 Å². The fourth-order valence-corrected chi connectivity index (χ4v) is 2.77. The molecule has 1 heterocycles. The van der Waals surface area contributed by atoms with E-state index in [2.05, 4.69) is 0 Å². The predicted molar refractivity (Wildman–Crippen MR) is 69.2 cm³/mol. The Morgan fingerprint density at radius 2 is 2.00 bits per heavy atom. The van der Waals surface area contributed by atoms with Crippen molar-refractivity contribution in [3.8, 4) is 0 Å². The van der Waals surface area contributed by atoms with Crippen LogP contribution in [0.15, 0.2) is 30.3 Å². The third kappa shape index (κ3) is 2.43. The van der Waals surface area contributed by atoms with Gasteiger partial charge in [0, 0.05) is 17.5 Å². The maximum atomic E-state index is 13.6. The summed E-state index contributed by atoms with van der Waals surface area (Å²) in [6.07, 6.45) is 0. The molecule has 2 rings (SSSR count). The number of hydrogen-bond donors (Lipinski definition) is 0. The van der Waals surface area contributed by atoms with Crippen molar-refractivity contribution in [3.63, 3.8) is 0 Å². The molecule has 0 bridgehead atoms. The number of benzene rings is 1. The lowest BCUT2D eigenvalue weighted by atomic mass is 10.1. The lowest BCUT2D eigenvalue weighted by Crippen LogP contribution is -2.35. The fourth-order valence-electron chi connectivity index (χ4n) is 1.93. The minimum absolute atomic E-state index is 0.143. The largest absolute Gasteiger partial charge is 0.333 e. The molecule has 1 fully saturated rings. The summed E-state index contributed by atoms with van der Waals surface area (Å²) in [6, 6.07) is 9.21. The van der Waals surface area contributed by atoms with Gasteiger partial charge in [0.05, 0.1) is 5.92 Å². The average molecular weight is 351 g/mol. The third-order valence-corrected chi connectivity index (χ3v) is 3.99. The minimum Gasteiger partial charge on any atom is -0.333 e. The number of likely N-dealkylation sites (tertiary alicyclic amines) is 1. The number of carbonyl (C=O) groups is 1. The zero-order chi connectivity index (χ0) is 12.5. The summed E-state index contributed by atoms with van der Waals surface area (Å²) < 4.78 is 27.4. The monoisotopic (exact) mass is 351 g/mol. The van der Waals surface area contributed by atoms with E-state index in [4.69, 9.17) is 0 Å². The molecule has 2 nitrogen and oxygen atoms in total. The van der Waals surface area contributed by atoms with Gasteiger partial charge in [0.2, 0.25) is 0 Å². The molecule has 0 aromatic heterocycles. The Morgan fingerprint density at radius 1 is 1.35 bits per heavy atom. The molecule has 0 saturated carbocycles. The quantitative estimate of drug-likeness (QED) is 0.606. The zero-order valence-electron chi connectivity index (χ0n) is 9.07. The summed E-state index contributed by atoms with van der Waals surface area (Å²) in [4.78, 5) is 12.8. The fraction of sp³-hybridized carbons (Fsp3) is 0.417. The first-order valence-electron chi connectivity index (χ1n) is 5.32. The van der Waals surface area contributed by atoms with Gasteiger partial charge in [-0.1, -0.05) is 52.9 Å². The number of rotatable bonds is 3. The van der Waals surface area contributed by atoms with Crippen molar-refractivity contribution < 1.29 is 13.6 Å². The second-order valence-corrected chi connectivity index (χ2v) is 5.03. The van der Waals surface area contributed by atoms with Crippen LogP contribution in [-0.4, -0.2) is 27.7 Å². The molecule has 0 N–H and O–H groups in total. The summed E-state index contributed by atoms with van der Waals surface area (Å²) >= 11 is 1.91. The lowest BCUT2D eigenvalue weighted by molar-refractivity contribution is -0.150. The van der Waals surface area contributed by atoms with E-state index in [1.165, 1.54) is 4.90 Å². The van der Waals surface area contributed by atoms with Crippen LogP contribution in [0.25, 0.3) is 0 Å². The number of amides is 1. The van der Waals surface area contributed by atoms with Crippen LogP contribution in [0, 0.1) is 5.92 Å². The molecule has 17 heavy (non-hydrogen) atoms. The van der Waals surface area contributed by atoms with E-state index in [1.54, 1.807) is 0 Å². The van der Waals surface area contributed by atoms with Gasteiger partial charge in [-0.25, -0.2) is 0 Å². The van der Waals surface area contributed by atoms with Crippen LogP contribution in [-0.2, 0) is 11.3 Å². The number of nitrogens with zero attached hydrogens (tertiary/aromatic N) is 1. The Balaban J connectivity index is 2.12. The van der Waals surface area contributed by atoms with Crippen molar-refractivity contribution >= 4 is 28.5 Å². The number of halogens is 3. The smallest absolute Gasteiger partial charge is 0.329 e. The van der Waals surface area contributed by atoms with Gasteiger partial charge in [-0.05, 0) is 5.56 Å². The number of hydrogen-bond acceptors (Lipinski definition) is 1. The van der Waals surface area contributed by atoms with Gasteiger partial charge >= 0.3 is 5.92 Å². The molecular weight excluding hydrogens is 339 g/mol. The molecule has 92 valence electrons. The van der Waals surface area contributed by atoms with Crippen LogP contribution in [0.4, 0.5) is 8.78 Å². The Morgan fingerprint density at radius 3 is 2.53 bits per heavy atom. The van der Waals surface area contributed by atoms with Gasteiger partial charge in [-0.2, -0.15) is 8.78 Å². The van der Waals surface area contributed by atoms with Crippen molar-refractivity contribution in [1.82, 2.24) is 4.90 Å². The van der Waals surface area contributed by atoms with E-state index >= 15 is 0 Å². The summed E-state index contributed by atoms with van der Waals surface area (Å²) in [5.41, 5.74) is 0.880. The van der Waals surface area contributed by atoms with E-state index in [0.29, 0.717) is 4.43 Å². The van der Waals surface area contributed by atoms with Gasteiger partial charge in [0.1, 0.15) is 0 Å². The summed E-state index contributed by atoms with van der Waals surface area (Å²) in [6.45, 7) is 0.409. The van der Waals surface area contributed by atoms with Crippen molar-refractivity contribution in [2.24, 2.45) is 5.92 Å². The maximum Gasteiger partial charge on any atom is 0.329 e. The Labute approximate surface area is 112 Å². The molecule has 1 aliphatic rings. The minimum atomic E-state index is -3.20. The van der Waals surface area contributed by atoms with E-state index in [9.17, 15) is 13.6 Å². The second kappa shape index (κ2) is 4.88. The van der Waals surface area contributed by atoms with Crippen LogP contribution in [0.3, 0.4) is 0 Å². The van der Waals surface area contributed by atoms with Gasteiger partial charge in [0.25, 0.3) is 5.91 Å². The van der Waals surface area contributed by atoms with E-state index in [-0.39, 0.29) is 13.1 Å². The summed E-state index contributed by atoms with van der Waals surface area (Å²) in [5, 5.41) is 0. The molecule has 5 heteroatoms. The molecule has 1 aromatic carbocycles. The molecular formula is C12H12F2INO. The van der Waals surface area contributed by atoms with Crippen LogP contribution in [0.5, 0.6) is 0 Å².